The summed E-state index contributed by atoms with van der Waals surface area (Å²) < 4.78 is 5.26. The lowest BCUT2D eigenvalue weighted by atomic mass is 9.96. The van der Waals surface area contributed by atoms with Gasteiger partial charge >= 0.3 is 0 Å². The molecule has 1 aromatic carbocycles. The molecule has 180 valence electrons. The molecule has 2 unspecified atom stereocenters. The number of aliphatic hydroxyl groups excluding tert-OH is 1. The van der Waals surface area contributed by atoms with E-state index in [1.807, 2.05) is 0 Å². The van der Waals surface area contributed by atoms with Gasteiger partial charge in [-0.15, -0.1) is 0 Å². The molecule has 0 bridgehead atoms. The number of carbonyl (C=O) groups is 4. The number of amides is 3. The van der Waals surface area contributed by atoms with E-state index in [0.29, 0.717) is 24.2 Å². The van der Waals surface area contributed by atoms with Gasteiger partial charge in [-0.05, 0) is 31.0 Å². The molecule has 10 heteroatoms. The molecule has 10 nitrogen and oxygen atoms in total. The third-order valence-corrected chi connectivity index (χ3v) is 5.06. The fraction of sp³-hybridized carbons (Fsp3) is 0.478. The Balaban J connectivity index is 0.00000122. The van der Waals surface area contributed by atoms with Crippen molar-refractivity contribution in [2.45, 2.75) is 39.2 Å². The summed E-state index contributed by atoms with van der Waals surface area (Å²) in [6, 6.07) is 5.99. The smallest absolute Gasteiger partial charge is 0.268 e. The third kappa shape index (κ3) is 7.04. The zero-order valence-electron chi connectivity index (χ0n) is 19.2. The van der Waals surface area contributed by atoms with Gasteiger partial charge in [-0.3, -0.25) is 19.2 Å². The van der Waals surface area contributed by atoms with Crippen molar-refractivity contribution in [1.82, 2.24) is 20.9 Å². The first-order valence-corrected chi connectivity index (χ1v) is 11.0. The Morgan fingerprint density at radius 1 is 1.27 bits per heavy atom. The van der Waals surface area contributed by atoms with Crippen molar-refractivity contribution >= 4 is 34.4 Å². The monoisotopic (exact) mass is 460 g/mol. The molecule has 2 atom stereocenters. The summed E-state index contributed by atoms with van der Waals surface area (Å²) in [7, 11) is 1.53. The Morgan fingerprint density at radius 3 is 2.61 bits per heavy atom. The lowest BCUT2D eigenvalue weighted by Crippen LogP contribution is -2.47. The van der Waals surface area contributed by atoms with Gasteiger partial charge in [-0.1, -0.05) is 26.3 Å². The van der Waals surface area contributed by atoms with E-state index in [9.17, 15) is 19.2 Å². The van der Waals surface area contributed by atoms with Crippen LogP contribution in [0.2, 0.25) is 0 Å². The van der Waals surface area contributed by atoms with Crippen LogP contribution in [0.5, 0.6) is 5.75 Å². The fourth-order valence-electron chi connectivity index (χ4n) is 3.46. The number of fused-ring (bicyclic) bond motifs is 1. The minimum absolute atomic E-state index is 0.104. The van der Waals surface area contributed by atoms with Crippen molar-refractivity contribution in [1.29, 1.82) is 0 Å². The zero-order valence-corrected chi connectivity index (χ0v) is 19.2. The van der Waals surface area contributed by atoms with Gasteiger partial charge in [0, 0.05) is 23.4 Å². The first-order valence-electron chi connectivity index (χ1n) is 11.0. The van der Waals surface area contributed by atoms with Gasteiger partial charge in [0.25, 0.3) is 5.91 Å². The maximum Gasteiger partial charge on any atom is 0.268 e. The van der Waals surface area contributed by atoms with E-state index in [0.717, 1.165) is 5.39 Å². The molecular weight excluding hydrogens is 428 g/mol. The van der Waals surface area contributed by atoms with E-state index in [1.165, 1.54) is 13.5 Å². The average molecular weight is 461 g/mol. The summed E-state index contributed by atoms with van der Waals surface area (Å²) in [5.41, 5.74) is 0.973. The molecule has 0 radical (unpaired) electrons. The van der Waals surface area contributed by atoms with Gasteiger partial charge in [0.05, 0.1) is 19.7 Å². The molecule has 0 saturated carbocycles. The van der Waals surface area contributed by atoms with Gasteiger partial charge in [-0.25, -0.2) is 0 Å². The molecule has 33 heavy (non-hydrogen) atoms. The minimum Gasteiger partial charge on any atom is -0.496 e. The molecule has 0 aliphatic carbocycles. The van der Waals surface area contributed by atoms with Crippen molar-refractivity contribution in [2.75, 3.05) is 26.8 Å². The number of aliphatic hydroxyl groups is 1. The van der Waals surface area contributed by atoms with E-state index < -0.39 is 36.2 Å². The molecule has 1 saturated heterocycles. The minimum atomic E-state index is -0.995. The SMILES string of the molecule is CCC.COc1cccc2[nH]c(C(=O)NCC(=O)NC(CC3CCNC3=O)C(=O)CO)cc12. The number of H-pyrrole nitrogens is 1. The number of hydrogen-bond donors (Lipinski definition) is 5. The summed E-state index contributed by atoms with van der Waals surface area (Å²) >= 11 is 0. The summed E-state index contributed by atoms with van der Waals surface area (Å²) in [5, 5.41) is 17.5. The second-order valence-corrected chi connectivity index (χ2v) is 7.75. The molecule has 3 amide bonds. The quantitative estimate of drug-likeness (QED) is 0.375. The van der Waals surface area contributed by atoms with E-state index >= 15 is 0 Å². The van der Waals surface area contributed by atoms with Gasteiger partial charge < -0.3 is 30.8 Å². The molecule has 3 rings (SSSR count). The molecule has 1 aromatic heterocycles. The average Bonchev–Trinajstić information content (AvgIpc) is 3.43. The third-order valence-electron chi connectivity index (χ3n) is 5.06. The molecule has 1 aliphatic heterocycles. The number of benzene rings is 1. The number of carbonyl (C=O) groups excluding carboxylic acids is 4. The lowest BCUT2D eigenvalue weighted by molar-refractivity contribution is -0.130. The van der Waals surface area contributed by atoms with Gasteiger partial charge in [0.1, 0.15) is 18.1 Å². The van der Waals surface area contributed by atoms with Crippen LogP contribution < -0.4 is 20.7 Å². The number of rotatable bonds is 9. The van der Waals surface area contributed by atoms with Crippen LogP contribution in [0.15, 0.2) is 24.3 Å². The Morgan fingerprint density at radius 2 is 2.00 bits per heavy atom. The van der Waals surface area contributed by atoms with E-state index in [1.54, 1.807) is 24.3 Å². The number of nitrogens with one attached hydrogen (secondary N) is 4. The van der Waals surface area contributed by atoms with E-state index in [4.69, 9.17) is 9.84 Å². The maximum absolute atomic E-state index is 12.4. The number of Topliss-reactive ketones (excluding diaryl/α,β-unsaturated/α-hetero) is 1. The summed E-state index contributed by atoms with van der Waals surface area (Å²) in [5.74, 6) is -1.64. The standard InChI is InChI=1S/C20H24N4O6.C3H8/c1-30-17-4-2-3-13-12(17)8-15(23-13)20(29)22-9-18(27)24-14(16(26)10-25)7-11-5-6-21-19(11)28;1-3-2/h2-4,8,11,14,23,25H,5-7,9-10H2,1H3,(H,21,28)(H,22,29)(H,24,27);3H2,1-2H3. The highest BCUT2D eigenvalue weighted by Crippen LogP contribution is 2.25. The lowest BCUT2D eigenvalue weighted by Gasteiger charge is -2.19. The fourth-order valence-corrected chi connectivity index (χ4v) is 3.46. The topological polar surface area (TPSA) is 150 Å². The molecular formula is C23H32N4O6. The molecule has 0 spiro atoms. The van der Waals surface area contributed by atoms with Crippen LogP contribution in [0.25, 0.3) is 10.9 Å². The maximum atomic E-state index is 12.4. The molecule has 5 N–H and O–H groups in total. The van der Waals surface area contributed by atoms with Crippen molar-refractivity contribution in [3.05, 3.63) is 30.0 Å². The van der Waals surface area contributed by atoms with Gasteiger partial charge in [0.2, 0.25) is 11.8 Å². The highest BCUT2D eigenvalue weighted by molar-refractivity contribution is 6.01. The normalized spacial score (nSPS) is 15.8. The van der Waals surface area contributed by atoms with Crippen LogP contribution in [0.1, 0.15) is 43.6 Å². The van der Waals surface area contributed by atoms with Gasteiger partial charge in [0.15, 0.2) is 5.78 Å². The van der Waals surface area contributed by atoms with E-state index in [-0.39, 0.29) is 24.6 Å². The predicted octanol–water partition coefficient (Wildman–Crippen LogP) is 0.895. The highest BCUT2D eigenvalue weighted by atomic mass is 16.5. The Hall–Kier alpha value is -3.40. The first-order chi connectivity index (χ1) is 15.8. The number of aromatic amines is 1. The summed E-state index contributed by atoms with van der Waals surface area (Å²) in [6.07, 6.45) is 1.91. The highest BCUT2D eigenvalue weighted by Gasteiger charge is 2.31. The molecule has 2 aromatic rings. The van der Waals surface area contributed by atoms with Crippen LogP contribution in [0, 0.1) is 5.92 Å². The van der Waals surface area contributed by atoms with Crippen LogP contribution in [-0.2, 0) is 14.4 Å². The molecule has 2 heterocycles. The zero-order chi connectivity index (χ0) is 24.4. The summed E-state index contributed by atoms with van der Waals surface area (Å²) in [4.78, 5) is 51.3. The predicted molar refractivity (Wildman–Crippen MR) is 123 cm³/mol. The number of methoxy groups -OCH3 is 1. The van der Waals surface area contributed by atoms with Crippen LogP contribution in [0.3, 0.4) is 0 Å². The number of ketones is 1. The van der Waals surface area contributed by atoms with E-state index in [2.05, 4.69) is 34.8 Å². The van der Waals surface area contributed by atoms with Crippen molar-refractivity contribution in [3.8, 4) is 5.75 Å². The molecule has 1 aliphatic rings. The van der Waals surface area contributed by atoms with Crippen LogP contribution >= 0.6 is 0 Å². The second kappa shape index (κ2) is 12.6. The first kappa shape index (κ1) is 25.9. The van der Waals surface area contributed by atoms with Crippen molar-refractivity contribution in [2.24, 2.45) is 5.92 Å². The summed E-state index contributed by atoms with van der Waals surface area (Å²) in [6.45, 7) is 3.66. The Labute approximate surface area is 192 Å². The van der Waals surface area contributed by atoms with Gasteiger partial charge in [-0.2, -0.15) is 0 Å². The Bertz CT molecular complexity index is 986. The number of hydrogen-bond acceptors (Lipinski definition) is 6. The second-order valence-electron chi connectivity index (χ2n) is 7.75. The van der Waals surface area contributed by atoms with Crippen molar-refractivity contribution < 1.29 is 29.0 Å². The largest absolute Gasteiger partial charge is 0.496 e. The number of ether oxygens (including phenoxy) is 1. The Kier molecular flexibility index (Phi) is 9.86. The van der Waals surface area contributed by atoms with Crippen molar-refractivity contribution in [3.63, 3.8) is 0 Å². The van der Waals surface area contributed by atoms with Crippen LogP contribution in [-0.4, -0.2) is 66.4 Å². The number of aromatic nitrogens is 1. The van der Waals surface area contributed by atoms with Crippen LogP contribution in [0.4, 0.5) is 0 Å². The molecule has 1 fully saturated rings.